The summed E-state index contributed by atoms with van der Waals surface area (Å²) < 4.78 is 4.92. The summed E-state index contributed by atoms with van der Waals surface area (Å²) >= 11 is 1.23. The van der Waals surface area contributed by atoms with Crippen LogP contribution in [0.4, 0.5) is 0 Å². The summed E-state index contributed by atoms with van der Waals surface area (Å²) in [7, 11) is 0. The van der Waals surface area contributed by atoms with E-state index in [2.05, 4.69) is 15.0 Å². The molecule has 2 aromatic heterocycles. The summed E-state index contributed by atoms with van der Waals surface area (Å²) in [6.07, 6.45) is 3.22. The van der Waals surface area contributed by atoms with Gasteiger partial charge in [-0.05, 0) is 13.0 Å². The lowest BCUT2D eigenvalue weighted by atomic mass is 10.3. The number of nitrogens with zero attached hydrogens (tertiary/aromatic N) is 3. The van der Waals surface area contributed by atoms with Gasteiger partial charge in [0.15, 0.2) is 5.82 Å². The second-order valence-corrected chi connectivity index (χ2v) is 3.68. The number of carbonyl (C=O) groups is 1. The first-order valence-electron chi connectivity index (χ1n) is 4.71. The maximum atomic E-state index is 11.6. The van der Waals surface area contributed by atoms with Crippen molar-refractivity contribution in [2.45, 2.75) is 6.92 Å². The van der Waals surface area contributed by atoms with Crippen molar-refractivity contribution < 1.29 is 9.53 Å². The molecule has 0 aromatic carbocycles. The van der Waals surface area contributed by atoms with Crippen LogP contribution in [-0.4, -0.2) is 27.5 Å². The fourth-order valence-corrected chi connectivity index (χ4v) is 1.84. The predicted molar refractivity (Wildman–Crippen MR) is 59.1 cm³/mol. The fourth-order valence-electron chi connectivity index (χ4n) is 1.17. The zero-order valence-electron chi connectivity index (χ0n) is 8.58. The highest BCUT2D eigenvalue weighted by molar-refractivity contribution is 7.12. The number of ether oxygens (including phenoxy) is 1. The predicted octanol–water partition coefficient (Wildman–Crippen LogP) is 1.78. The number of aromatic nitrogens is 3. The molecule has 2 heterocycles. The fraction of sp³-hybridized carbons (Fsp3) is 0.200. The third-order valence-corrected chi connectivity index (χ3v) is 2.61. The first kappa shape index (κ1) is 10.7. The van der Waals surface area contributed by atoms with Crippen LogP contribution in [0.2, 0.25) is 0 Å². The molecular formula is C10H9N3O2S. The smallest absolute Gasteiger partial charge is 0.350 e. The van der Waals surface area contributed by atoms with E-state index in [1.54, 1.807) is 30.9 Å². The van der Waals surface area contributed by atoms with Crippen molar-refractivity contribution in [1.82, 2.24) is 15.0 Å². The molecule has 0 atom stereocenters. The highest BCUT2D eigenvalue weighted by atomic mass is 32.1. The van der Waals surface area contributed by atoms with Gasteiger partial charge in [0.2, 0.25) is 0 Å². The van der Waals surface area contributed by atoms with Crippen molar-refractivity contribution in [2.24, 2.45) is 0 Å². The number of hydrogen-bond acceptors (Lipinski definition) is 6. The molecule has 0 saturated carbocycles. The van der Waals surface area contributed by atoms with Crippen molar-refractivity contribution in [3.63, 3.8) is 0 Å². The van der Waals surface area contributed by atoms with Gasteiger partial charge in [-0.1, -0.05) is 0 Å². The molecule has 0 aliphatic heterocycles. The normalized spacial score (nSPS) is 10.1. The second kappa shape index (κ2) is 4.80. The largest absolute Gasteiger partial charge is 0.462 e. The molecule has 0 aliphatic rings. The summed E-state index contributed by atoms with van der Waals surface area (Å²) in [6, 6.07) is 1.71. The Kier molecular flexibility index (Phi) is 3.21. The lowest BCUT2D eigenvalue weighted by molar-refractivity contribution is 0.0532. The van der Waals surface area contributed by atoms with Crippen molar-refractivity contribution in [2.75, 3.05) is 6.61 Å². The SMILES string of the molecule is CCOC(=O)c1scnc1-c1ncccn1. The lowest BCUT2D eigenvalue weighted by Crippen LogP contribution is -2.04. The molecule has 6 heteroatoms. The van der Waals surface area contributed by atoms with Crippen molar-refractivity contribution in [3.05, 3.63) is 28.8 Å². The average Bonchev–Trinajstić information content (AvgIpc) is 2.79. The van der Waals surface area contributed by atoms with Gasteiger partial charge >= 0.3 is 5.97 Å². The number of hydrogen-bond donors (Lipinski definition) is 0. The molecule has 0 N–H and O–H groups in total. The summed E-state index contributed by atoms with van der Waals surface area (Å²) in [4.78, 5) is 24.2. The molecule has 0 radical (unpaired) electrons. The quantitative estimate of drug-likeness (QED) is 0.759. The minimum Gasteiger partial charge on any atom is -0.462 e. The van der Waals surface area contributed by atoms with E-state index in [0.29, 0.717) is 23.0 Å². The van der Waals surface area contributed by atoms with Crippen LogP contribution < -0.4 is 0 Å². The molecule has 0 unspecified atom stereocenters. The molecule has 2 rings (SSSR count). The van der Waals surface area contributed by atoms with Crippen molar-refractivity contribution in [1.29, 1.82) is 0 Å². The first-order valence-corrected chi connectivity index (χ1v) is 5.59. The third-order valence-electron chi connectivity index (χ3n) is 1.81. The van der Waals surface area contributed by atoms with Crippen LogP contribution in [0, 0.1) is 0 Å². The van der Waals surface area contributed by atoms with Gasteiger partial charge in [-0.2, -0.15) is 0 Å². The zero-order chi connectivity index (χ0) is 11.4. The van der Waals surface area contributed by atoms with E-state index in [9.17, 15) is 4.79 Å². The number of esters is 1. The molecule has 16 heavy (non-hydrogen) atoms. The molecule has 5 nitrogen and oxygen atoms in total. The summed E-state index contributed by atoms with van der Waals surface area (Å²) in [5.74, 6) is 0.0549. The van der Waals surface area contributed by atoms with E-state index < -0.39 is 0 Å². The molecule has 0 amide bonds. The molecular weight excluding hydrogens is 226 g/mol. The molecule has 0 aliphatic carbocycles. The Morgan fingerprint density at radius 3 is 2.81 bits per heavy atom. The van der Waals surface area contributed by atoms with Crippen LogP contribution in [0.15, 0.2) is 24.0 Å². The molecule has 2 aromatic rings. The molecule has 0 saturated heterocycles. The Hall–Kier alpha value is -1.82. The monoisotopic (exact) mass is 235 g/mol. The van der Waals surface area contributed by atoms with Gasteiger partial charge in [0.05, 0.1) is 12.1 Å². The van der Waals surface area contributed by atoms with Crippen LogP contribution in [0.25, 0.3) is 11.5 Å². The second-order valence-electron chi connectivity index (χ2n) is 2.82. The van der Waals surface area contributed by atoms with Gasteiger partial charge < -0.3 is 4.74 Å². The van der Waals surface area contributed by atoms with Gasteiger partial charge in [0, 0.05) is 12.4 Å². The zero-order valence-corrected chi connectivity index (χ0v) is 9.40. The molecule has 0 fully saturated rings. The highest BCUT2D eigenvalue weighted by Gasteiger charge is 2.18. The Morgan fingerprint density at radius 1 is 1.38 bits per heavy atom. The van der Waals surface area contributed by atoms with Crippen molar-refractivity contribution >= 4 is 17.3 Å². The molecule has 0 spiro atoms. The Bertz CT molecular complexity index is 484. The summed E-state index contributed by atoms with van der Waals surface area (Å²) in [6.45, 7) is 2.10. The van der Waals surface area contributed by atoms with E-state index in [-0.39, 0.29) is 5.97 Å². The van der Waals surface area contributed by atoms with E-state index in [4.69, 9.17) is 4.74 Å². The summed E-state index contributed by atoms with van der Waals surface area (Å²) in [5, 5.41) is 0. The first-order chi connectivity index (χ1) is 7.83. The van der Waals surface area contributed by atoms with E-state index in [0.717, 1.165) is 0 Å². The average molecular weight is 235 g/mol. The number of carbonyl (C=O) groups excluding carboxylic acids is 1. The van der Waals surface area contributed by atoms with Gasteiger partial charge in [-0.15, -0.1) is 11.3 Å². The number of rotatable bonds is 3. The molecule has 0 bridgehead atoms. The lowest BCUT2D eigenvalue weighted by Gasteiger charge is -2.00. The van der Waals surface area contributed by atoms with Crippen LogP contribution in [0.1, 0.15) is 16.6 Å². The minimum absolute atomic E-state index is 0.339. The van der Waals surface area contributed by atoms with Crippen molar-refractivity contribution in [3.8, 4) is 11.5 Å². The van der Waals surface area contributed by atoms with Crippen LogP contribution in [0.5, 0.6) is 0 Å². The van der Waals surface area contributed by atoms with Gasteiger partial charge in [0.25, 0.3) is 0 Å². The van der Waals surface area contributed by atoms with Crippen LogP contribution in [0.3, 0.4) is 0 Å². The molecule has 82 valence electrons. The van der Waals surface area contributed by atoms with E-state index >= 15 is 0 Å². The maximum Gasteiger partial charge on any atom is 0.350 e. The van der Waals surface area contributed by atoms with E-state index in [1.165, 1.54) is 11.3 Å². The van der Waals surface area contributed by atoms with Gasteiger partial charge in [-0.25, -0.2) is 19.7 Å². The van der Waals surface area contributed by atoms with Gasteiger partial charge in [0.1, 0.15) is 10.6 Å². The minimum atomic E-state index is -0.382. The Balaban J connectivity index is 2.37. The number of thiazole rings is 1. The highest BCUT2D eigenvalue weighted by Crippen LogP contribution is 2.22. The Morgan fingerprint density at radius 2 is 2.12 bits per heavy atom. The standard InChI is InChI=1S/C10H9N3O2S/c1-2-15-10(14)8-7(13-6-16-8)9-11-4-3-5-12-9/h3-6H,2H2,1H3. The maximum absolute atomic E-state index is 11.6. The summed E-state index contributed by atoms with van der Waals surface area (Å²) in [5.41, 5.74) is 2.06. The topological polar surface area (TPSA) is 65.0 Å². The van der Waals surface area contributed by atoms with Crippen LogP contribution in [-0.2, 0) is 4.74 Å². The third kappa shape index (κ3) is 2.06. The van der Waals surface area contributed by atoms with E-state index in [1.807, 2.05) is 0 Å². The Labute approximate surface area is 96.2 Å². The van der Waals surface area contributed by atoms with Gasteiger partial charge in [-0.3, -0.25) is 0 Å². The van der Waals surface area contributed by atoms with Crippen LogP contribution >= 0.6 is 11.3 Å².